The van der Waals surface area contributed by atoms with Crippen LogP contribution in [0.1, 0.15) is 6.42 Å². The first-order valence-corrected chi connectivity index (χ1v) is 7.88. The Hall–Kier alpha value is -2.75. The highest BCUT2D eigenvalue weighted by Gasteiger charge is 2.07. The number of nitrogens with zero attached hydrogens (tertiary/aromatic N) is 1. The van der Waals surface area contributed by atoms with Gasteiger partial charge in [0.05, 0.1) is 11.1 Å². The number of halogens is 2. The molecule has 2 amide bonds. The molecule has 2 rings (SSSR count). The minimum atomic E-state index is -0.396. The van der Waals surface area contributed by atoms with Crippen LogP contribution in [0.15, 0.2) is 42.5 Å². The third kappa shape index (κ3) is 5.99. The van der Waals surface area contributed by atoms with Gasteiger partial charge in [-0.15, -0.1) is 0 Å². The van der Waals surface area contributed by atoms with E-state index in [1.54, 1.807) is 42.5 Å². The summed E-state index contributed by atoms with van der Waals surface area (Å²) in [6.45, 7) is -0.220. The normalized spacial score (nSPS) is 9.80. The van der Waals surface area contributed by atoms with Crippen LogP contribution in [0.5, 0.6) is 5.75 Å². The van der Waals surface area contributed by atoms with Crippen molar-refractivity contribution >= 4 is 46.4 Å². The van der Waals surface area contributed by atoms with E-state index in [0.717, 1.165) is 0 Å². The van der Waals surface area contributed by atoms with Crippen LogP contribution in [-0.4, -0.2) is 18.4 Å². The van der Waals surface area contributed by atoms with Crippen LogP contribution in [0.25, 0.3) is 0 Å². The fourth-order valence-electron chi connectivity index (χ4n) is 1.85. The van der Waals surface area contributed by atoms with Gasteiger partial charge in [0.1, 0.15) is 12.2 Å². The summed E-state index contributed by atoms with van der Waals surface area (Å²) in [6, 6.07) is 12.9. The van der Waals surface area contributed by atoms with Gasteiger partial charge < -0.3 is 15.4 Å². The first-order valence-electron chi connectivity index (χ1n) is 7.12. The number of hydrogen-bond acceptors (Lipinski definition) is 4. The molecule has 25 heavy (non-hydrogen) atoms. The van der Waals surface area contributed by atoms with Gasteiger partial charge in [-0.2, -0.15) is 5.26 Å². The average Bonchev–Trinajstić information content (AvgIpc) is 2.56. The minimum Gasteiger partial charge on any atom is -0.482 e. The second kappa shape index (κ2) is 8.92. The molecule has 0 bridgehead atoms. The number of nitriles is 1. The zero-order valence-electron chi connectivity index (χ0n) is 12.9. The lowest BCUT2D eigenvalue weighted by Crippen LogP contribution is -2.20. The van der Waals surface area contributed by atoms with Crippen LogP contribution < -0.4 is 15.4 Å². The molecule has 6 nitrogen and oxygen atoms in total. The summed E-state index contributed by atoms with van der Waals surface area (Å²) in [5.74, 6) is -0.406. The van der Waals surface area contributed by atoms with Crippen LogP contribution in [0, 0.1) is 11.3 Å². The van der Waals surface area contributed by atoms with Crippen LogP contribution in [0.3, 0.4) is 0 Å². The number of ether oxygens (including phenoxy) is 1. The second-order valence-electron chi connectivity index (χ2n) is 4.87. The van der Waals surface area contributed by atoms with Gasteiger partial charge in [0.25, 0.3) is 5.91 Å². The second-order valence-corrected chi connectivity index (χ2v) is 5.72. The van der Waals surface area contributed by atoms with E-state index in [9.17, 15) is 9.59 Å². The van der Waals surface area contributed by atoms with Crippen molar-refractivity contribution in [2.24, 2.45) is 0 Å². The monoisotopic (exact) mass is 377 g/mol. The van der Waals surface area contributed by atoms with Crippen LogP contribution in [-0.2, 0) is 9.59 Å². The van der Waals surface area contributed by atoms with E-state index in [-0.39, 0.29) is 18.9 Å². The van der Waals surface area contributed by atoms with Crippen molar-refractivity contribution in [2.45, 2.75) is 6.42 Å². The Bertz CT molecular complexity index is 817. The molecule has 2 aromatic rings. The molecular weight excluding hydrogens is 365 g/mol. The molecule has 0 aliphatic carbocycles. The molecule has 0 atom stereocenters. The number of benzene rings is 2. The summed E-state index contributed by atoms with van der Waals surface area (Å²) < 4.78 is 5.34. The minimum absolute atomic E-state index is 0.219. The summed E-state index contributed by atoms with van der Waals surface area (Å²) in [5.41, 5.74) is 1.07. The fraction of sp³-hybridized carbons (Fsp3) is 0.118. The highest BCUT2D eigenvalue weighted by Crippen LogP contribution is 2.27. The van der Waals surface area contributed by atoms with E-state index < -0.39 is 5.91 Å². The lowest BCUT2D eigenvalue weighted by Gasteiger charge is -2.09. The van der Waals surface area contributed by atoms with E-state index in [4.69, 9.17) is 33.2 Å². The Labute approximate surface area is 154 Å². The predicted octanol–water partition coefficient (Wildman–Crippen LogP) is 3.86. The Morgan fingerprint density at radius 2 is 1.60 bits per heavy atom. The number of nitrogens with one attached hydrogen (secondary N) is 2. The Balaban J connectivity index is 1.86. The van der Waals surface area contributed by atoms with E-state index in [1.807, 2.05) is 0 Å². The standard InChI is InChI=1S/C17H13Cl2N3O3/c18-11-1-6-15(14(19)9-11)25-10-17(24)22-13-4-2-12(3-5-13)21-16(23)7-8-20/h1-6,9H,7,10H2,(H,21,23)(H,22,24). The molecule has 0 unspecified atom stereocenters. The molecule has 2 N–H and O–H groups in total. The molecular formula is C17H13Cl2N3O3. The van der Waals surface area contributed by atoms with Crippen molar-refractivity contribution in [3.05, 3.63) is 52.5 Å². The van der Waals surface area contributed by atoms with Crippen molar-refractivity contribution in [2.75, 3.05) is 17.2 Å². The number of amides is 2. The van der Waals surface area contributed by atoms with Crippen molar-refractivity contribution in [1.82, 2.24) is 0 Å². The molecule has 0 aromatic heterocycles. The molecule has 0 spiro atoms. The zero-order valence-corrected chi connectivity index (χ0v) is 14.4. The van der Waals surface area contributed by atoms with E-state index in [2.05, 4.69) is 10.6 Å². The lowest BCUT2D eigenvalue weighted by atomic mass is 10.2. The van der Waals surface area contributed by atoms with E-state index in [0.29, 0.717) is 27.2 Å². The topological polar surface area (TPSA) is 91.2 Å². The average molecular weight is 378 g/mol. The maximum atomic E-state index is 11.9. The van der Waals surface area contributed by atoms with Gasteiger partial charge >= 0.3 is 0 Å². The summed E-state index contributed by atoms with van der Waals surface area (Å²) in [4.78, 5) is 23.2. The van der Waals surface area contributed by atoms with Gasteiger partial charge in [-0.1, -0.05) is 23.2 Å². The van der Waals surface area contributed by atoms with Gasteiger partial charge in [-0.3, -0.25) is 9.59 Å². The molecule has 0 aliphatic rings. The molecule has 0 aliphatic heterocycles. The SMILES string of the molecule is N#CCC(=O)Nc1ccc(NC(=O)COc2ccc(Cl)cc2Cl)cc1. The van der Waals surface area contributed by atoms with Gasteiger partial charge in [-0.05, 0) is 42.5 Å². The summed E-state index contributed by atoms with van der Waals surface area (Å²) in [6.07, 6.45) is -0.219. The smallest absolute Gasteiger partial charge is 0.262 e. The summed E-state index contributed by atoms with van der Waals surface area (Å²) in [5, 5.41) is 14.4. The first kappa shape index (κ1) is 18.6. The fourth-order valence-corrected chi connectivity index (χ4v) is 2.31. The number of carbonyl (C=O) groups is 2. The maximum Gasteiger partial charge on any atom is 0.262 e. The molecule has 2 aromatic carbocycles. The molecule has 128 valence electrons. The molecule has 8 heteroatoms. The summed E-state index contributed by atoms with van der Waals surface area (Å²) >= 11 is 11.7. The predicted molar refractivity (Wildman–Crippen MR) is 95.9 cm³/mol. The van der Waals surface area contributed by atoms with E-state index >= 15 is 0 Å². The lowest BCUT2D eigenvalue weighted by molar-refractivity contribution is -0.118. The Morgan fingerprint density at radius 1 is 1.00 bits per heavy atom. The Morgan fingerprint density at radius 3 is 2.16 bits per heavy atom. The number of hydrogen-bond donors (Lipinski definition) is 2. The molecule has 0 saturated heterocycles. The molecule has 0 fully saturated rings. The maximum absolute atomic E-state index is 11.9. The highest BCUT2D eigenvalue weighted by atomic mass is 35.5. The zero-order chi connectivity index (χ0) is 18.2. The Kier molecular flexibility index (Phi) is 6.63. The number of anilines is 2. The molecule has 0 heterocycles. The van der Waals surface area contributed by atoms with Crippen molar-refractivity contribution in [1.29, 1.82) is 5.26 Å². The van der Waals surface area contributed by atoms with Crippen molar-refractivity contribution in [3.8, 4) is 11.8 Å². The van der Waals surface area contributed by atoms with Crippen molar-refractivity contribution in [3.63, 3.8) is 0 Å². The summed E-state index contributed by atoms with van der Waals surface area (Å²) in [7, 11) is 0. The van der Waals surface area contributed by atoms with Gasteiger partial charge in [0, 0.05) is 16.4 Å². The third-order valence-electron chi connectivity index (χ3n) is 2.94. The van der Waals surface area contributed by atoms with E-state index in [1.165, 1.54) is 6.07 Å². The number of rotatable bonds is 6. The molecule has 0 radical (unpaired) electrons. The largest absolute Gasteiger partial charge is 0.482 e. The van der Waals surface area contributed by atoms with Crippen LogP contribution in [0.4, 0.5) is 11.4 Å². The third-order valence-corrected chi connectivity index (χ3v) is 3.48. The highest BCUT2D eigenvalue weighted by molar-refractivity contribution is 6.35. The van der Waals surface area contributed by atoms with Crippen LogP contribution >= 0.6 is 23.2 Å². The van der Waals surface area contributed by atoms with Crippen LogP contribution in [0.2, 0.25) is 10.0 Å². The van der Waals surface area contributed by atoms with Gasteiger partial charge in [-0.25, -0.2) is 0 Å². The quantitative estimate of drug-likeness (QED) is 0.799. The van der Waals surface area contributed by atoms with Gasteiger partial charge in [0.15, 0.2) is 6.61 Å². The number of carbonyl (C=O) groups excluding carboxylic acids is 2. The van der Waals surface area contributed by atoms with Gasteiger partial charge in [0.2, 0.25) is 5.91 Å². The first-order chi connectivity index (χ1) is 12.0. The van der Waals surface area contributed by atoms with Crippen molar-refractivity contribution < 1.29 is 14.3 Å². The molecule has 0 saturated carbocycles.